The smallest absolute Gasteiger partial charge is 0.406 e. The Labute approximate surface area is 189 Å². The van der Waals surface area contributed by atoms with E-state index < -0.39 is 11.9 Å². The normalized spacial score (nSPS) is 11.8. The monoisotopic (exact) mass is 472 g/mol. The van der Waals surface area contributed by atoms with Gasteiger partial charge in [-0.15, -0.1) is 30.7 Å². The predicted molar refractivity (Wildman–Crippen MR) is 114 cm³/mol. The number of benzene rings is 2. The highest BCUT2D eigenvalue weighted by molar-refractivity contribution is 5.85. The molecule has 1 aromatic heterocycles. The molecular formula is C21H24ClF3N4O3. The fourth-order valence-corrected chi connectivity index (χ4v) is 2.94. The first-order chi connectivity index (χ1) is 14.7. The van der Waals surface area contributed by atoms with Crippen molar-refractivity contribution in [1.29, 1.82) is 0 Å². The first-order valence-corrected chi connectivity index (χ1v) is 9.54. The average Bonchev–Trinajstić information content (AvgIpc) is 3.21. The molecule has 32 heavy (non-hydrogen) atoms. The summed E-state index contributed by atoms with van der Waals surface area (Å²) in [6, 6.07) is 13.2. The summed E-state index contributed by atoms with van der Waals surface area (Å²) >= 11 is 0. The minimum absolute atomic E-state index is 0. The van der Waals surface area contributed by atoms with E-state index in [9.17, 15) is 23.4 Å². The van der Waals surface area contributed by atoms with Gasteiger partial charge in [0.2, 0.25) is 0 Å². The van der Waals surface area contributed by atoms with E-state index in [1.54, 1.807) is 10.9 Å². The standard InChI is InChI=1S/C21H23F3N4O3.ClH/c22-21(23,24)31-18-7-3-16(4-8-18)11-28-12-19(26-27-28)17-5-1-15(2-6-17)9-10-20(25,13-29)14-30;/h1-8,12,29-30H,9-11,13-14,25H2;1H. The molecule has 4 N–H and O–H groups in total. The summed E-state index contributed by atoms with van der Waals surface area (Å²) in [5.74, 6) is -0.277. The van der Waals surface area contributed by atoms with Crippen molar-refractivity contribution in [3.63, 3.8) is 0 Å². The van der Waals surface area contributed by atoms with Crippen molar-refractivity contribution in [2.45, 2.75) is 31.3 Å². The quantitative estimate of drug-likeness (QED) is 0.442. The van der Waals surface area contributed by atoms with Crippen molar-refractivity contribution in [2.24, 2.45) is 5.73 Å². The summed E-state index contributed by atoms with van der Waals surface area (Å²) < 4.78 is 42.2. The van der Waals surface area contributed by atoms with E-state index in [-0.39, 0.29) is 31.4 Å². The fourth-order valence-electron chi connectivity index (χ4n) is 2.94. The summed E-state index contributed by atoms with van der Waals surface area (Å²) in [6.07, 6.45) is -1.92. The third-order valence-corrected chi connectivity index (χ3v) is 4.83. The van der Waals surface area contributed by atoms with Gasteiger partial charge in [-0.05, 0) is 36.1 Å². The van der Waals surface area contributed by atoms with E-state index in [1.807, 2.05) is 24.3 Å². The summed E-state index contributed by atoms with van der Waals surface area (Å²) in [5, 5.41) is 26.7. The van der Waals surface area contributed by atoms with E-state index >= 15 is 0 Å². The van der Waals surface area contributed by atoms with Crippen LogP contribution in [0.1, 0.15) is 17.5 Å². The second kappa shape index (κ2) is 10.8. The number of halogens is 4. The number of hydrogen-bond donors (Lipinski definition) is 3. The zero-order chi connectivity index (χ0) is 22.5. The van der Waals surface area contributed by atoms with Gasteiger partial charge in [0, 0.05) is 5.56 Å². The maximum absolute atomic E-state index is 12.2. The third-order valence-electron chi connectivity index (χ3n) is 4.83. The highest BCUT2D eigenvalue weighted by atomic mass is 35.5. The van der Waals surface area contributed by atoms with Crippen LogP contribution < -0.4 is 10.5 Å². The van der Waals surface area contributed by atoms with Crippen molar-refractivity contribution in [3.8, 4) is 17.0 Å². The minimum Gasteiger partial charge on any atom is -0.406 e. The molecule has 0 saturated heterocycles. The predicted octanol–water partition coefficient (Wildman–Crippen LogP) is 2.93. The van der Waals surface area contributed by atoms with Crippen molar-refractivity contribution in [1.82, 2.24) is 15.0 Å². The average molecular weight is 473 g/mol. The largest absolute Gasteiger partial charge is 0.573 e. The molecule has 0 fully saturated rings. The van der Waals surface area contributed by atoms with Crippen LogP contribution in [0.25, 0.3) is 11.3 Å². The lowest BCUT2D eigenvalue weighted by Gasteiger charge is -2.24. The minimum atomic E-state index is -4.72. The lowest BCUT2D eigenvalue weighted by Crippen LogP contribution is -2.47. The molecule has 0 aliphatic rings. The molecule has 0 aliphatic heterocycles. The molecule has 1 heterocycles. The van der Waals surface area contributed by atoms with E-state index in [2.05, 4.69) is 15.0 Å². The number of nitrogens with zero attached hydrogens (tertiary/aromatic N) is 3. The number of ether oxygens (including phenoxy) is 1. The van der Waals surface area contributed by atoms with E-state index in [1.165, 1.54) is 24.3 Å². The zero-order valence-corrected chi connectivity index (χ0v) is 17.8. The van der Waals surface area contributed by atoms with Gasteiger partial charge in [0.15, 0.2) is 0 Å². The topological polar surface area (TPSA) is 106 Å². The second-order valence-corrected chi connectivity index (χ2v) is 7.37. The number of rotatable bonds is 9. The highest BCUT2D eigenvalue weighted by Crippen LogP contribution is 2.23. The van der Waals surface area contributed by atoms with Gasteiger partial charge in [-0.1, -0.05) is 41.6 Å². The highest BCUT2D eigenvalue weighted by Gasteiger charge is 2.31. The number of alkyl halides is 3. The number of nitrogens with two attached hydrogens (primary N) is 1. The van der Waals surface area contributed by atoms with Gasteiger partial charge >= 0.3 is 6.36 Å². The molecule has 2 aromatic carbocycles. The summed E-state index contributed by atoms with van der Waals surface area (Å²) in [6.45, 7) is -0.232. The molecule has 3 rings (SSSR count). The van der Waals surface area contributed by atoms with Gasteiger partial charge in [-0.2, -0.15) is 0 Å². The van der Waals surface area contributed by atoms with Crippen molar-refractivity contribution in [2.75, 3.05) is 13.2 Å². The summed E-state index contributed by atoms with van der Waals surface area (Å²) in [5.41, 5.74) is 8.15. The summed E-state index contributed by atoms with van der Waals surface area (Å²) in [7, 11) is 0. The molecule has 0 aliphatic carbocycles. The number of aryl methyl sites for hydroxylation is 1. The van der Waals surface area contributed by atoms with Gasteiger partial charge in [-0.3, -0.25) is 0 Å². The molecule has 0 spiro atoms. The maximum atomic E-state index is 12.2. The lowest BCUT2D eigenvalue weighted by atomic mass is 9.93. The maximum Gasteiger partial charge on any atom is 0.573 e. The number of hydrogen-bond acceptors (Lipinski definition) is 6. The molecule has 0 saturated carbocycles. The Hall–Kier alpha value is -2.66. The molecular weight excluding hydrogens is 449 g/mol. The van der Waals surface area contributed by atoms with Crippen molar-refractivity contribution >= 4 is 12.4 Å². The Bertz CT molecular complexity index is 975. The van der Waals surface area contributed by atoms with Crippen LogP contribution >= 0.6 is 12.4 Å². The molecule has 174 valence electrons. The van der Waals surface area contributed by atoms with Crippen LogP contribution in [0.15, 0.2) is 54.7 Å². The van der Waals surface area contributed by atoms with Crippen LogP contribution in [0, 0.1) is 0 Å². The fraction of sp³-hybridized carbons (Fsp3) is 0.333. The van der Waals surface area contributed by atoms with Crippen LogP contribution in [-0.2, 0) is 13.0 Å². The molecule has 0 unspecified atom stereocenters. The van der Waals surface area contributed by atoms with Gasteiger partial charge in [0.25, 0.3) is 0 Å². The van der Waals surface area contributed by atoms with Crippen LogP contribution in [0.5, 0.6) is 5.75 Å². The van der Waals surface area contributed by atoms with Crippen molar-refractivity contribution < 1.29 is 28.1 Å². The molecule has 0 amide bonds. The Kier molecular flexibility index (Phi) is 8.62. The Morgan fingerprint density at radius 3 is 2.09 bits per heavy atom. The Balaban J connectivity index is 0.00000363. The summed E-state index contributed by atoms with van der Waals surface area (Å²) in [4.78, 5) is 0. The van der Waals surface area contributed by atoms with Crippen LogP contribution in [0.2, 0.25) is 0 Å². The van der Waals surface area contributed by atoms with Gasteiger partial charge in [0.05, 0.1) is 31.5 Å². The Morgan fingerprint density at radius 2 is 1.53 bits per heavy atom. The SMILES string of the molecule is Cl.NC(CO)(CO)CCc1ccc(-c2cn(Cc3ccc(OC(F)(F)F)cc3)nn2)cc1. The molecule has 3 aromatic rings. The number of aromatic nitrogens is 3. The first-order valence-electron chi connectivity index (χ1n) is 9.54. The first kappa shape index (κ1) is 25.6. The van der Waals surface area contributed by atoms with Crippen LogP contribution in [0.4, 0.5) is 13.2 Å². The molecule has 7 nitrogen and oxygen atoms in total. The van der Waals surface area contributed by atoms with E-state index in [0.717, 1.165) is 16.7 Å². The lowest BCUT2D eigenvalue weighted by molar-refractivity contribution is -0.274. The van der Waals surface area contributed by atoms with Gasteiger partial charge < -0.3 is 20.7 Å². The number of aliphatic hydroxyl groups excluding tert-OH is 2. The molecule has 0 atom stereocenters. The van der Waals surface area contributed by atoms with Gasteiger partial charge in [0.1, 0.15) is 11.4 Å². The van der Waals surface area contributed by atoms with Crippen molar-refractivity contribution in [3.05, 3.63) is 65.9 Å². The second-order valence-electron chi connectivity index (χ2n) is 7.37. The number of aliphatic hydroxyl groups is 2. The molecule has 0 radical (unpaired) electrons. The van der Waals surface area contributed by atoms with Crippen LogP contribution in [-0.4, -0.2) is 50.3 Å². The zero-order valence-electron chi connectivity index (χ0n) is 17.0. The molecule has 0 bridgehead atoms. The Morgan fingerprint density at radius 1 is 0.938 bits per heavy atom. The molecule has 11 heteroatoms. The van der Waals surface area contributed by atoms with E-state index in [0.29, 0.717) is 25.1 Å². The van der Waals surface area contributed by atoms with Gasteiger partial charge in [-0.25, -0.2) is 4.68 Å². The van der Waals surface area contributed by atoms with Crippen LogP contribution in [0.3, 0.4) is 0 Å². The third kappa shape index (κ3) is 7.20. The van der Waals surface area contributed by atoms with E-state index in [4.69, 9.17) is 5.73 Å².